The molecule has 3 N–H and O–H groups in total. The van der Waals surface area contributed by atoms with Crippen molar-refractivity contribution in [1.29, 1.82) is 0 Å². The summed E-state index contributed by atoms with van der Waals surface area (Å²) >= 11 is 0. The molecular formula is C12H16N2O3. The number of aliphatic hydroxyl groups excluding tert-OH is 1. The molecular weight excluding hydrogens is 220 g/mol. The van der Waals surface area contributed by atoms with Crippen molar-refractivity contribution < 1.29 is 9.52 Å². The fourth-order valence-electron chi connectivity index (χ4n) is 1.68. The molecule has 0 fully saturated rings. The highest BCUT2D eigenvalue weighted by Crippen LogP contribution is 2.18. The summed E-state index contributed by atoms with van der Waals surface area (Å²) in [5, 5.41) is 12.5. The van der Waals surface area contributed by atoms with Gasteiger partial charge in [-0.1, -0.05) is 13.8 Å². The van der Waals surface area contributed by atoms with Crippen molar-refractivity contribution in [3.63, 3.8) is 0 Å². The van der Waals surface area contributed by atoms with Crippen LogP contribution in [0.4, 0.5) is 5.69 Å². The number of fused-ring (bicyclic) bond motifs is 1. The zero-order valence-electron chi connectivity index (χ0n) is 9.86. The Hall–Kier alpha value is -1.75. The Balaban J connectivity index is 2.26. The quantitative estimate of drug-likeness (QED) is 0.752. The number of aromatic amines is 1. The van der Waals surface area contributed by atoms with Gasteiger partial charge in [-0.2, -0.15) is 0 Å². The minimum atomic E-state index is -0.459. The van der Waals surface area contributed by atoms with E-state index >= 15 is 0 Å². The molecule has 1 atom stereocenters. The van der Waals surface area contributed by atoms with Crippen LogP contribution in [-0.2, 0) is 0 Å². The van der Waals surface area contributed by atoms with E-state index in [1.54, 1.807) is 12.1 Å². The van der Waals surface area contributed by atoms with Gasteiger partial charge in [0.05, 0.1) is 18.2 Å². The van der Waals surface area contributed by atoms with Crippen LogP contribution in [0.25, 0.3) is 11.1 Å². The third-order valence-electron chi connectivity index (χ3n) is 2.77. The SMILES string of the molecule is CC(C)C(CO)Nc1ccc2oc(=O)[nH]c2c1. The summed E-state index contributed by atoms with van der Waals surface area (Å²) in [5.41, 5.74) is 2.04. The highest BCUT2D eigenvalue weighted by molar-refractivity contribution is 5.76. The summed E-state index contributed by atoms with van der Waals surface area (Å²) in [6.45, 7) is 4.13. The van der Waals surface area contributed by atoms with Crippen molar-refractivity contribution in [2.24, 2.45) is 5.92 Å². The molecule has 17 heavy (non-hydrogen) atoms. The van der Waals surface area contributed by atoms with Crippen LogP contribution >= 0.6 is 0 Å². The van der Waals surface area contributed by atoms with Gasteiger partial charge in [0.15, 0.2) is 5.58 Å². The van der Waals surface area contributed by atoms with Crippen molar-refractivity contribution in [2.45, 2.75) is 19.9 Å². The molecule has 1 heterocycles. The second kappa shape index (κ2) is 4.63. The van der Waals surface area contributed by atoms with E-state index in [4.69, 9.17) is 4.42 Å². The van der Waals surface area contributed by atoms with E-state index in [9.17, 15) is 9.90 Å². The number of aromatic nitrogens is 1. The Morgan fingerprint density at radius 3 is 2.88 bits per heavy atom. The van der Waals surface area contributed by atoms with Crippen molar-refractivity contribution in [2.75, 3.05) is 11.9 Å². The van der Waals surface area contributed by atoms with E-state index in [2.05, 4.69) is 10.3 Å². The zero-order chi connectivity index (χ0) is 12.4. The summed E-state index contributed by atoms with van der Waals surface area (Å²) in [7, 11) is 0. The smallest absolute Gasteiger partial charge is 0.408 e. The third-order valence-corrected chi connectivity index (χ3v) is 2.77. The predicted octanol–water partition coefficient (Wildman–Crippen LogP) is 1.55. The number of benzene rings is 1. The Morgan fingerprint density at radius 1 is 1.47 bits per heavy atom. The van der Waals surface area contributed by atoms with Crippen molar-refractivity contribution in [1.82, 2.24) is 4.98 Å². The van der Waals surface area contributed by atoms with Crippen LogP contribution in [0.5, 0.6) is 0 Å². The lowest BCUT2D eigenvalue weighted by Gasteiger charge is -2.21. The topological polar surface area (TPSA) is 78.3 Å². The summed E-state index contributed by atoms with van der Waals surface area (Å²) < 4.78 is 4.91. The van der Waals surface area contributed by atoms with E-state index in [1.807, 2.05) is 19.9 Å². The molecule has 1 aromatic heterocycles. The van der Waals surface area contributed by atoms with Gasteiger partial charge in [0.2, 0.25) is 0 Å². The molecule has 2 rings (SSSR count). The van der Waals surface area contributed by atoms with Crippen LogP contribution in [0.2, 0.25) is 0 Å². The van der Waals surface area contributed by atoms with Gasteiger partial charge in [0.25, 0.3) is 0 Å². The summed E-state index contributed by atoms with van der Waals surface area (Å²) in [5.74, 6) is -0.140. The maximum atomic E-state index is 11.0. The highest BCUT2D eigenvalue weighted by Gasteiger charge is 2.12. The number of aliphatic hydroxyl groups is 1. The van der Waals surface area contributed by atoms with Crippen LogP contribution in [0, 0.1) is 5.92 Å². The minimum Gasteiger partial charge on any atom is -0.408 e. The Kier molecular flexibility index (Phi) is 3.19. The van der Waals surface area contributed by atoms with Gasteiger partial charge in [0.1, 0.15) is 0 Å². The predicted molar refractivity (Wildman–Crippen MR) is 66.2 cm³/mol. The fraction of sp³-hybridized carbons (Fsp3) is 0.417. The maximum absolute atomic E-state index is 11.0. The largest absolute Gasteiger partial charge is 0.417 e. The summed E-state index contributed by atoms with van der Waals surface area (Å²) in [6.07, 6.45) is 0. The molecule has 0 saturated carbocycles. The number of rotatable bonds is 4. The number of H-pyrrole nitrogens is 1. The lowest BCUT2D eigenvalue weighted by molar-refractivity contribution is 0.249. The van der Waals surface area contributed by atoms with Gasteiger partial charge < -0.3 is 14.8 Å². The van der Waals surface area contributed by atoms with E-state index < -0.39 is 5.76 Å². The number of anilines is 1. The molecule has 0 spiro atoms. The normalized spacial score (nSPS) is 13.2. The summed E-state index contributed by atoms with van der Waals surface area (Å²) in [4.78, 5) is 13.6. The Labute approximate surface area is 98.5 Å². The molecule has 1 aromatic carbocycles. The molecule has 0 saturated heterocycles. The van der Waals surface area contributed by atoms with E-state index in [0.717, 1.165) is 5.69 Å². The van der Waals surface area contributed by atoms with Crippen LogP contribution in [-0.4, -0.2) is 22.7 Å². The molecule has 5 nitrogen and oxygen atoms in total. The Bertz CT molecular complexity index is 556. The van der Waals surface area contributed by atoms with Crippen LogP contribution < -0.4 is 11.1 Å². The molecule has 0 bridgehead atoms. The minimum absolute atomic E-state index is 0.00827. The van der Waals surface area contributed by atoms with Crippen LogP contribution in [0.15, 0.2) is 27.4 Å². The number of nitrogens with one attached hydrogen (secondary N) is 2. The van der Waals surface area contributed by atoms with Gasteiger partial charge in [-0.05, 0) is 24.1 Å². The molecule has 0 amide bonds. The lowest BCUT2D eigenvalue weighted by Crippen LogP contribution is -2.29. The standard InChI is InChI=1S/C12H16N2O3/c1-7(2)10(6-15)13-8-3-4-11-9(5-8)14-12(16)17-11/h3-5,7,10,13,15H,6H2,1-2H3,(H,14,16). The number of oxazole rings is 1. The van der Waals surface area contributed by atoms with Gasteiger partial charge >= 0.3 is 5.76 Å². The van der Waals surface area contributed by atoms with Gasteiger partial charge in [-0.3, -0.25) is 4.98 Å². The summed E-state index contributed by atoms with van der Waals surface area (Å²) in [6, 6.07) is 5.34. The third kappa shape index (κ3) is 2.50. The molecule has 2 aromatic rings. The molecule has 0 radical (unpaired) electrons. The van der Waals surface area contributed by atoms with Gasteiger partial charge in [-0.25, -0.2) is 4.79 Å². The van der Waals surface area contributed by atoms with E-state index in [1.165, 1.54) is 0 Å². The first kappa shape index (κ1) is 11.7. The average Bonchev–Trinajstić information content (AvgIpc) is 2.64. The van der Waals surface area contributed by atoms with Gasteiger partial charge in [-0.15, -0.1) is 0 Å². The molecule has 92 valence electrons. The van der Waals surface area contributed by atoms with E-state index in [-0.39, 0.29) is 12.6 Å². The first-order chi connectivity index (χ1) is 8.10. The average molecular weight is 236 g/mol. The first-order valence-corrected chi connectivity index (χ1v) is 5.60. The number of hydrogen-bond donors (Lipinski definition) is 3. The monoisotopic (exact) mass is 236 g/mol. The fourth-order valence-corrected chi connectivity index (χ4v) is 1.68. The molecule has 0 aliphatic heterocycles. The maximum Gasteiger partial charge on any atom is 0.417 e. The van der Waals surface area contributed by atoms with Crippen molar-refractivity contribution in [3.8, 4) is 0 Å². The van der Waals surface area contributed by atoms with Crippen LogP contribution in [0.1, 0.15) is 13.8 Å². The second-order valence-electron chi connectivity index (χ2n) is 4.40. The molecule has 1 unspecified atom stereocenters. The second-order valence-corrected chi connectivity index (χ2v) is 4.40. The molecule has 5 heteroatoms. The van der Waals surface area contributed by atoms with Gasteiger partial charge in [0, 0.05) is 5.69 Å². The molecule has 0 aliphatic carbocycles. The lowest BCUT2D eigenvalue weighted by atomic mass is 10.1. The van der Waals surface area contributed by atoms with Crippen molar-refractivity contribution in [3.05, 3.63) is 28.7 Å². The number of hydrogen-bond acceptors (Lipinski definition) is 4. The Morgan fingerprint density at radius 2 is 2.24 bits per heavy atom. The zero-order valence-corrected chi connectivity index (χ0v) is 9.86. The van der Waals surface area contributed by atoms with E-state index in [0.29, 0.717) is 17.0 Å². The first-order valence-electron chi connectivity index (χ1n) is 5.60. The molecule has 0 aliphatic rings. The highest BCUT2D eigenvalue weighted by atomic mass is 16.4. The van der Waals surface area contributed by atoms with Crippen molar-refractivity contribution >= 4 is 16.8 Å². The van der Waals surface area contributed by atoms with Crippen LogP contribution in [0.3, 0.4) is 0 Å².